The lowest BCUT2D eigenvalue weighted by molar-refractivity contribution is 0.724. The van der Waals surface area contributed by atoms with E-state index in [1.165, 1.54) is 5.69 Å². The summed E-state index contributed by atoms with van der Waals surface area (Å²) >= 11 is 0. The number of hydrogen-bond donors (Lipinski definition) is 1. The fourth-order valence-corrected chi connectivity index (χ4v) is 2.00. The largest absolute Gasteiger partial charge is 0.376 e. The second-order valence-electron chi connectivity index (χ2n) is 4.41. The Balaban J connectivity index is 2.11. The molecule has 0 spiro atoms. The van der Waals surface area contributed by atoms with Crippen molar-refractivity contribution in [3.63, 3.8) is 0 Å². The topological polar surface area (TPSA) is 33.1 Å². The molecule has 0 saturated carbocycles. The molecule has 2 heterocycles. The van der Waals surface area contributed by atoms with E-state index in [1.54, 1.807) is 0 Å². The molecule has 0 radical (unpaired) electrons. The van der Waals surface area contributed by atoms with Crippen LogP contribution in [0.2, 0.25) is 0 Å². The zero-order chi connectivity index (χ0) is 13.0. The summed E-state index contributed by atoms with van der Waals surface area (Å²) in [6.45, 7) is 3.96. The van der Waals surface area contributed by atoms with Gasteiger partial charge in [0.05, 0.1) is 12.2 Å². The fourth-order valence-electron chi connectivity index (χ4n) is 2.00. The third-order valence-electron chi connectivity index (χ3n) is 2.93. The molecule has 18 heavy (non-hydrogen) atoms. The Labute approximate surface area is 108 Å². The van der Waals surface area contributed by atoms with Gasteiger partial charge < -0.3 is 14.8 Å². The molecule has 0 atom stereocenters. The smallest absolute Gasteiger partial charge is 0.151 e. The first-order valence-corrected chi connectivity index (χ1v) is 6.22. The molecule has 2 aromatic rings. The van der Waals surface area contributed by atoms with Crippen molar-refractivity contribution in [2.75, 3.05) is 24.3 Å². The summed E-state index contributed by atoms with van der Waals surface area (Å²) in [6, 6.07) is 8.23. The highest BCUT2D eigenvalue weighted by atomic mass is 15.2. The van der Waals surface area contributed by atoms with Gasteiger partial charge in [-0.25, -0.2) is 4.98 Å². The third kappa shape index (κ3) is 2.64. The lowest BCUT2D eigenvalue weighted by Gasteiger charge is -2.17. The first kappa shape index (κ1) is 12.5. The molecule has 0 aliphatic rings. The first-order valence-electron chi connectivity index (χ1n) is 6.22. The number of aromatic nitrogens is 2. The SMILES string of the molecule is CCn1cccc1CNc1cccnc1N(C)C. The van der Waals surface area contributed by atoms with Crippen LogP contribution in [0.3, 0.4) is 0 Å². The molecule has 0 aromatic carbocycles. The molecular weight excluding hydrogens is 224 g/mol. The van der Waals surface area contributed by atoms with Gasteiger partial charge in [0.1, 0.15) is 0 Å². The Morgan fingerprint density at radius 2 is 2.11 bits per heavy atom. The maximum atomic E-state index is 4.38. The number of nitrogens with zero attached hydrogens (tertiary/aromatic N) is 3. The van der Waals surface area contributed by atoms with Crippen molar-refractivity contribution in [1.82, 2.24) is 9.55 Å². The van der Waals surface area contributed by atoms with Crippen LogP contribution in [-0.4, -0.2) is 23.6 Å². The standard InChI is InChI=1S/C14H20N4/c1-4-18-10-6-7-12(18)11-16-13-8-5-9-15-14(13)17(2)3/h5-10,16H,4,11H2,1-3H3. The van der Waals surface area contributed by atoms with Crippen LogP contribution in [0, 0.1) is 0 Å². The summed E-state index contributed by atoms with van der Waals surface area (Å²) in [5, 5.41) is 3.45. The minimum Gasteiger partial charge on any atom is -0.376 e. The van der Waals surface area contributed by atoms with Crippen molar-refractivity contribution in [2.24, 2.45) is 0 Å². The molecule has 0 bridgehead atoms. The molecule has 4 nitrogen and oxygen atoms in total. The summed E-state index contributed by atoms with van der Waals surface area (Å²) in [4.78, 5) is 6.39. The molecule has 2 rings (SSSR count). The van der Waals surface area contributed by atoms with E-state index in [1.807, 2.05) is 31.3 Å². The minimum atomic E-state index is 0.813. The molecule has 0 unspecified atom stereocenters. The number of nitrogens with one attached hydrogen (secondary N) is 1. The van der Waals surface area contributed by atoms with Gasteiger partial charge in [-0.3, -0.25) is 0 Å². The maximum Gasteiger partial charge on any atom is 0.151 e. The Morgan fingerprint density at radius 3 is 2.83 bits per heavy atom. The van der Waals surface area contributed by atoms with Crippen LogP contribution in [0.1, 0.15) is 12.6 Å². The van der Waals surface area contributed by atoms with Crippen LogP contribution in [0.25, 0.3) is 0 Å². The summed E-state index contributed by atoms with van der Waals surface area (Å²) in [5.74, 6) is 0.965. The van der Waals surface area contributed by atoms with Crippen LogP contribution in [0.5, 0.6) is 0 Å². The van der Waals surface area contributed by atoms with Crippen LogP contribution < -0.4 is 10.2 Å². The highest BCUT2D eigenvalue weighted by Gasteiger charge is 2.05. The van der Waals surface area contributed by atoms with Crippen molar-refractivity contribution in [2.45, 2.75) is 20.0 Å². The van der Waals surface area contributed by atoms with E-state index in [2.05, 4.69) is 46.2 Å². The molecule has 2 aromatic heterocycles. The van der Waals surface area contributed by atoms with E-state index in [0.717, 1.165) is 24.6 Å². The van der Waals surface area contributed by atoms with E-state index >= 15 is 0 Å². The molecule has 96 valence electrons. The average molecular weight is 244 g/mol. The second-order valence-corrected chi connectivity index (χ2v) is 4.41. The number of pyridine rings is 1. The normalized spacial score (nSPS) is 10.4. The Kier molecular flexibility index (Phi) is 3.87. The van der Waals surface area contributed by atoms with Crippen LogP contribution in [0.4, 0.5) is 11.5 Å². The Bertz CT molecular complexity index is 502. The predicted molar refractivity (Wildman–Crippen MR) is 76.0 cm³/mol. The van der Waals surface area contributed by atoms with Gasteiger partial charge in [0.15, 0.2) is 5.82 Å². The highest BCUT2D eigenvalue weighted by Crippen LogP contribution is 2.21. The van der Waals surface area contributed by atoms with Crippen LogP contribution >= 0.6 is 0 Å². The molecule has 0 fully saturated rings. The summed E-state index contributed by atoms with van der Waals surface area (Å²) in [5.41, 5.74) is 2.34. The van der Waals surface area contributed by atoms with Gasteiger partial charge in [0.2, 0.25) is 0 Å². The molecule has 1 N–H and O–H groups in total. The van der Waals surface area contributed by atoms with Crippen molar-refractivity contribution in [1.29, 1.82) is 0 Å². The third-order valence-corrected chi connectivity index (χ3v) is 2.93. The van der Waals surface area contributed by atoms with Gasteiger partial charge in [-0.05, 0) is 31.2 Å². The lowest BCUT2D eigenvalue weighted by Crippen LogP contribution is -2.14. The number of rotatable bonds is 5. The monoisotopic (exact) mass is 244 g/mol. The fraction of sp³-hybridized carbons (Fsp3) is 0.357. The molecule has 0 aliphatic carbocycles. The average Bonchev–Trinajstić information content (AvgIpc) is 2.84. The lowest BCUT2D eigenvalue weighted by atomic mass is 10.3. The van der Waals surface area contributed by atoms with Crippen molar-refractivity contribution < 1.29 is 0 Å². The molecule has 0 amide bonds. The first-order chi connectivity index (χ1) is 8.72. The summed E-state index contributed by atoms with van der Waals surface area (Å²) in [6.07, 6.45) is 3.92. The van der Waals surface area contributed by atoms with Crippen LogP contribution in [-0.2, 0) is 13.1 Å². The number of aryl methyl sites for hydroxylation is 1. The van der Waals surface area contributed by atoms with E-state index in [-0.39, 0.29) is 0 Å². The second kappa shape index (κ2) is 5.58. The van der Waals surface area contributed by atoms with Gasteiger partial charge in [-0.15, -0.1) is 0 Å². The summed E-state index contributed by atoms with van der Waals surface area (Å²) < 4.78 is 2.23. The molecule has 0 saturated heterocycles. The van der Waals surface area contributed by atoms with E-state index in [4.69, 9.17) is 0 Å². The molecular formula is C14H20N4. The zero-order valence-electron chi connectivity index (χ0n) is 11.2. The predicted octanol–water partition coefficient (Wildman–Crippen LogP) is 2.58. The van der Waals surface area contributed by atoms with Gasteiger partial charge in [0.25, 0.3) is 0 Å². The van der Waals surface area contributed by atoms with Crippen molar-refractivity contribution >= 4 is 11.5 Å². The minimum absolute atomic E-state index is 0.813. The van der Waals surface area contributed by atoms with Gasteiger partial charge >= 0.3 is 0 Å². The van der Waals surface area contributed by atoms with Crippen molar-refractivity contribution in [3.05, 3.63) is 42.4 Å². The van der Waals surface area contributed by atoms with Gasteiger partial charge in [-0.1, -0.05) is 0 Å². The van der Waals surface area contributed by atoms with E-state index in [0.29, 0.717) is 0 Å². The quantitative estimate of drug-likeness (QED) is 0.877. The van der Waals surface area contributed by atoms with Crippen molar-refractivity contribution in [3.8, 4) is 0 Å². The van der Waals surface area contributed by atoms with Gasteiger partial charge in [0, 0.05) is 38.7 Å². The Hall–Kier alpha value is -1.97. The van der Waals surface area contributed by atoms with E-state index < -0.39 is 0 Å². The summed E-state index contributed by atoms with van der Waals surface area (Å²) in [7, 11) is 4.00. The molecule has 0 aliphatic heterocycles. The van der Waals surface area contributed by atoms with Gasteiger partial charge in [-0.2, -0.15) is 0 Å². The number of anilines is 2. The zero-order valence-corrected chi connectivity index (χ0v) is 11.2. The highest BCUT2D eigenvalue weighted by molar-refractivity contribution is 5.64. The molecule has 4 heteroatoms. The Morgan fingerprint density at radius 1 is 1.28 bits per heavy atom. The number of hydrogen-bond acceptors (Lipinski definition) is 3. The van der Waals surface area contributed by atoms with E-state index in [9.17, 15) is 0 Å². The van der Waals surface area contributed by atoms with Crippen LogP contribution in [0.15, 0.2) is 36.7 Å². The maximum absolute atomic E-state index is 4.38.